The van der Waals surface area contributed by atoms with E-state index in [0.29, 0.717) is 5.69 Å². The van der Waals surface area contributed by atoms with E-state index in [1.54, 1.807) is 19.1 Å². The number of benzene rings is 2. The fourth-order valence-corrected chi connectivity index (χ4v) is 2.51. The Bertz CT molecular complexity index is 843. The number of hydrogen-bond acceptors (Lipinski definition) is 4. The average Bonchev–Trinajstić information content (AvgIpc) is 3.17. The zero-order valence-electron chi connectivity index (χ0n) is 14.5. The SMILES string of the molecule is COc1ccc([C@@H](C)N(C)C(=O)c2cnn(-c3ccccc3)n2)cc1. The molecule has 0 bridgehead atoms. The van der Waals surface area contributed by atoms with E-state index in [1.807, 2.05) is 61.5 Å². The Morgan fingerprint density at radius 2 is 1.80 bits per heavy atom. The smallest absolute Gasteiger partial charge is 0.276 e. The molecule has 1 atom stereocenters. The minimum Gasteiger partial charge on any atom is -0.497 e. The number of carbonyl (C=O) groups excluding carboxylic acids is 1. The van der Waals surface area contributed by atoms with Gasteiger partial charge in [-0.25, -0.2) is 0 Å². The first-order chi connectivity index (χ1) is 12.1. The normalized spacial score (nSPS) is 11.8. The average molecular weight is 336 g/mol. The fraction of sp³-hybridized carbons (Fsp3) is 0.211. The van der Waals surface area contributed by atoms with Crippen molar-refractivity contribution >= 4 is 5.91 Å². The van der Waals surface area contributed by atoms with E-state index < -0.39 is 0 Å². The van der Waals surface area contributed by atoms with Crippen LogP contribution in [0.5, 0.6) is 5.75 Å². The lowest BCUT2D eigenvalue weighted by Gasteiger charge is -2.24. The number of nitrogens with zero attached hydrogens (tertiary/aromatic N) is 4. The predicted octanol–water partition coefficient (Wildman–Crippen LogP) is 3.11. The van der Waals surface area contributed by atoms with Crippen molar-refractivity contribution in [1.29, 1.82) is 0 Å². The molecule has 0 N–H and O–H groups in total. The topological polar surface area (TPSA) is 60.2 Å². The Morgan fingerprint density at radius 3 is 2.44 bits per heavy atom. The van der Waals surface area contributed by atoms with Gasteiger partial charge in [-0.3, -0.25) is 4.79 Å². The van der Waals surface area contributed by atoms with Crippen molar-refractivity contribution in [2.75, 3.05) is 14.2 Å². The summed E-state index contributed by atoms with van der Waals surface area (Å²) in [4.78, 5) is 15.8. The Kier molecular flexibility index (Phi) is 4.79. The Balaban J connectivity index is 1.76. The molecule has 1 heterocycles. The number of carbonyl (C=O) groups is 1. The number of para-hydroxylation sites is 1. The standard InChI is InChI=1S/C19H20N4O2/c1-14(15-9-11-17(25-3)12-10-15)22(2)19(24)18-13-20-23(21-18)16-7-5-4-6-8-16/h4-14H,1-3H3/t14-/m1/s1. The molecule has 0 saturated heterocycles. The van der Waals surface area contributed by atoms with Crippen molar-refractivity contribution in [3.63, 3.8) is 0 Å². The number of methoxy groups -OCH3 is 1. The summed E-state index contributed by atoms with van der Waals surface area (Å²) in [6.07, 6.45) is 1.49. The molecule has 0 aliphatic carbocycles. The minimum atomic E-state index is -0.175. The third-order valence-corrected chi connectivity index (χ3v) is 4.20. The van der Waals surface area contributed by atoms with Crippen LogP contribution >= 0.6 is 0 Å². The zero-order valence-corrected chi connectivity index (χ0v) is 14.5. The van der Waals surface area contributed by atoms with E-state index in [2.05, 4.69) is 10.2 Å². The highest BCUT2D eigenvalue weighted by atomic mass is 16.5. The van der Waals surface area contributed by atoms with Gasteiger partial charge in [0.25, 0.3) is 5.91 Å². The maximum absolute atomic E-state index is 12.7. The predicted molar refractivity (Wildman–Crippen MR) is 94.9 cm³/mol. The van der Waals surface area contributed by atoms with Crippen molar-refractivity contribution in [2.45, 2.75) is 13.0 Å². The molecule has 0 saturated carbocycles. The summed E-state index contributed by atoms with van der Waals surface area (Å²) in [7, 11) is 3.39. The van der Waals surface area contributed by atoms with Gasteiger partial charge in [-0.05, 0) is 36.8 Å². The van der Waals surface area contributed by atoms with Crippen molar-refractivity contribution in [3.8, 4) is 11.4 Å². The summed E-state index contributed by atoms with van der Waals surface area (Å²) >= 11 is 0. The lowest BCUT2D eigenvalue weighted by atomic mass is 10.1. The van der Waals surface area contributed by atoms with Crippen molar-refractivity contribution in [1.82, 2.24) is 19.9 Å². The highest BCUT2D eigenvalue weighted by Crippen LogP contribution is 2.22. The first-order valence-corrected chi connectivity index (χ1v) is 7.99. The van der Waals surface area contributed by atoms with Crippen LogP contribution in [0.1, 0.15) is 29.0 Å². The maximum Gasteiger partial charge on any atom is 0.276 e. The summed E-state index contributed by atoms with van der Waals surface area (Å²) in [6, 6.07) is 17.1. The Labute approximate surface area is 146 Å². The van der Waals surface area contributed by atoms with Crippen molar-refractivity contribution in [2.24, 2.45) is 0 Å². The summed E-state index contributed by atoms with van der Waals surface area (Å²) in [5, 5.41) is 8.49. The van der Waals surface area contributed by atoms with Crippen LogP contribution in [0, 0.1) is 0 Å². The van der Waals surface area contributed by atoms with Gasteiger partial charge in [0.2, 0.25) is 0 Å². The molecule has 0 spiro atoms. The molecule has 6 nitrogen and oxygen atoms in total. The molecule has 0 aliphatic heterocycles. The highest BCUT2D eigenvalue weighted by Gasteiger charge is 2.21. The number of amides is 1. The maximum atomic E-state index is 12.7. The molecule has 25 heavy (non-hydrogen) atoms. The number of ether oxygens (including phenoxy) is 1. The van der Waals surface area contributed by atoms with Gasteiger partial charge in [0.05, 0.1) is 25.0 Å². The molecule has 0 unspecified atom stereocenters. The Morgan fingerprint density at radius 1 is 1.12 bits per heavy atom. The van der Waals surface area contributed by atoms with Gasteiger partial charge in [0.1, 0.15) is 5.75 Å². The Hall–Kier alpha value is -3.15. The monoisotopic (exact) mass is 336 g/mol. The summed E-state index contributed by atoms with van der Waals surface area (Å²) in [6.45, 7) is 1.97. The van der Waals surface area contributed by atoms with E-state index in [4.69, 9.17) is 4.74 Å². The molecule has 0 fully saturated rings. The molecule has 1 amide bonds. The van der Waals surface area contributed by atoms with E-state index in [-0.39, 0.29) is 11.9 Å². The van der Waals surface area contributed by atoms with E-state index in [0.717, 1.165) is 17.0 Å². The molecular formula is C19H20N4O2. The van der Waals surface area contributed by atoms with Crippen LogP contribution in [-0.2, 0) is 0 Å². The third-order valence-electron chi connectivity index (χ3n) is 4.20. The summed E-state index contributed by atoms with van der Waals surface area (Å²) < 4.78 is 5.17. The van der Waals surface area contributed by atoms with Crippen LogP contribution in [0.2, 0.25) is 0 Å². The molecule has 3 aromatic rings. The summed E-state index contributed by atoms with van der Waals surface area (Å²) in [5.41, 5.74) is 2.14. The van der Waals surface area contributed by atoms with Gasteiger partial charge in [-0.2, -0.15) is 9.90 Å². The first kappa shape index (κ1) is 16.7. The molecule has 3 rings (SSSR count). The highest BCUT2D eigenvalue weighted by molar-refractivity contribution is 5.92. The third kappa shape index (κ3) is 3.52. The minimum absolute atomic E-state index is 0.0970. The molecule has 2 aromatic carbocycles. The van der Waals surface area contributed by atoms with Gasteiger partial charge < -0.3 is 9.64 Å². The van der Waals surface area contributed by atoms with Crippen LogP contribution in [-0.4, -0.2) is 40.0 Å². The van der Waals surface area contributed by atoms with Crippen LogP contribution < -0.4 is 4.74 Å². The molecule has 128 valence electrons. The van der Waals surface area contributed by atoms with E-state index >= 15 is 0 Å². The quantitative estimate of drug-likeness (QED) is 0.718. The van der Waals surface area contributed by atoms with Gasteiger partial charge in [0.15, 0.2) is 5.69 Å². The van der Waals surface area contributed by atoms with Crippen LogP contribution in [0.15, 0.2) is 60.8 Å². The zero-order chi connectivity index (χ0) is 17.8. The van der Waals surface area contributed by atoms with Gasteiger partial charge in [-0.15, -0.1) is 5.10 Å². The number of hydrogen-bond donors (Lipinski definition) is 0. The molecule has 1 aromatic heterocycles. The largest absolute Gasteiger partial charge is 0.497 e. The van der Waals surface area contributed by atoms with Gasteiger partial charge in [-0.1, -0.05) is 30.3 Å². The lowest BCUT2D eigenvalue weighted by molar-refractivity contribution is 0.0736. The van der Waals surface area contributed by atoms with Gasteiger partial charge in [0, 0.05) is 7.05 Å². The number of aromatic nitrogens is 3. The van der Waals surface area contributed by atoms with E-state index in [1.165, 1.54) is 11.0 Å². The van der Waals surface area contributed by atoms with Crippen LogP contribution in [0.4, 0.5) is 0 Å². The van der Waals surface area contributed by atoms with Crippen LogP contribution in [0.3, 0.4) is 0 Å². The van der Waals surface area contributed by atoms with Crippen LogP contribution in [0.25, 0.3) is 5.69 Å². The summed E-state index contributed by atoms with van der Waals surface area (Å²) in [5.74, 6) is 0.612. The second-order valence-electron chi connectivity index (χ2n) is 5.72. The van der Waals surface area contributed by atoms with E-state index in [9.17, 15) is 4.79 Å². The second-order valence-corrected chi connectivity index (χ2v) is 5.72. The second kappa shape index (κ2) is 7.17. The van der Waals surface area contributed by atoms with Gasteiger partial charge >= 0.3 is 0 Å². The molecular weight excluding hydrogens is 316 g/mol. The molecule has 0 radical (unpaired) electrons. The lowest BCUT2D eigenvalue weighted by Crippen LogP contribution is -2.30. The van der Waals surface area contributed by atoms with Crippen molar-refractivity contribution < 1.29 is 9.53 Å². The van der Waals surface area contributed by atoms with Crippen molar-refractivity contribution in [3.05, 3.63) is 72.1 Å². The molecule has 6 heteroatoms. The number of rotatable bonds is 5. The first-order valence-electron chi connectivity index (χ1n) is 7.99. The molecule has 0 aliphatic rings. The fourth-order valence-electron chi connectivity index (χ4n) is 2.51.